The van der Waals surface area contributed by atoms with Crippen LogP contribution in [-0.2, 0) is 4.79 Å². The molecular weight excluding hydrogens is 202 g/mol. The van der Waals surface area contributed by atoms with Gasteiger partial charge in [0.15, 0.2) is 0 Å². The fourth-order valence-corrected chi connectivity index (χ4v) is 2.58. The van der Waals surface area contributed by atoms with Gasteiger partial charge in [-0.25, -0.2) is 0 Å². The summed E-state index contributed by atoms with van der Waals surface area (Å²) in [6, 6.07) is 0.726. The van der Waals surface area contributed by atoms with E-state index in [1.165, 1.54) is 38.5 Å². The van der Waals surface area contributed by atoms with Crippen molar-refractivity contribution in [3.63, 3.8) is 0 Å². The van der Waals surface area contributed by atoms with Crippen molar-refractivity contribution in [2.45, 2.75) is 76.8 Å². The van der Waals surface area contributed by atoms with Crippen molar-refractivity contribution in [2.24, 2.45) is 0 Å². The van der Waals surface area contributed by atoms with Crippen molar-refractivity contribution in [3.05, 3.63) is 0 Å². The summed E-state index contributed by atoms with van der Waals surface area (Å²) in [5.41, 5.74) is 0. The molecule has 3 nitrogen and oxygen atoms in total. The van der Waals surface area contributed by atoms with Gasteiger partial charge in [-0.05, 0) is 19.3 Å². The first-order valence-electron chi connectivity index (χ1n) is 6.70. The van der Waals surface area contributed by atoms with Gasteiger partial charge in [-0.1, -0.05) is 39.0 Å². The maximum absolute atomic E-state index is 10.8. The van der Waals surface area contributed by atoms with E-state index in [1.54, 1.807) is 0 Å². The van der Waals surface area contributed by atoms with Gasteiger partial charge in [-0.15, -0.1) is 0 Å². The zero-order valence-corrected chi connectivity index (χ0v) is 10.4. The van der Waals surface area contributed by atoms with Crippen LogP contribution in [0.1, 0.15) is 64.7 Å². The van der Waals surface area contributed by atoms with Crippen LogP contribution in [0.25, 0.3) is 0 Å². The zero-order valence-electron chi connectivity index (χ0n) is 10.4. The number of nitrogens with one attached hydrogen (secondary N) is 1. The number of hydrogen-bond acceptors (Lipinski definition) is 2. The van der Waals surface area contributed by atoms with Crippen LogP contribution < -0.4 is 5.32 Å². The Morgan fingerprint density at radius 2 is 1.94 bits per heavy atom. The number of aliphatic carboxylic acids is 1. The van der Waals surface area contributed by atoms with Crippen LogP contribution in [-0.4, -0.2) is 23.2 Å². The molecule has 0 bridgehead atoms. The van der Waals surface area contributed by atoms with E-state index < -0.39 is 5.97 Å². The highest BCUT2D eigenvalue weighted by atomic mass is 16.4. The summed E-state index contributed by atoms with van der Waals surface area (Å²) in [5, 5.41) is 12.4. The molecule has 2 N–H and O–H groups in total. The van der Waals surface area contributed by atoms with Crippen molar-refractivity contribution in [2.75, 3.05) is 0 Å². The van der Waals surface area contributed by atoms with E-state index in [2.05, 4.69) is 12.2 Å². The van der Waals surface area contributed by atoms with Gasteiger partial charge in [0.25, 0.3) is 0 Å². The molecule has 1 rings (SSSR count). The molecule has 3 heteroatoms. The average molecular weight is 227 g/mol. The first-order chi connectivity index (χ1) is 7.72. The second-order valence-electron chi connectivity index (χ2n) is 4.94. The monoisotopic (exact) mass is 227 g/mol. The van der Waals surface area contributed by atoms with Gasteiger partial charge in [0.05, 0.1) is 6.42 Å². The maximum atomic E-state index is 10.8. The Labute approximate surface area is 98.6 Å². The summed E-state index contributed by atoms with van der Waals surface area (Å²) in [7, 11) is 0. The molecule has 1 aliphatic rings. The van der Waals surface area contributed by atoms with Gasteiger partial charge in [-0.2, -0.15) is 0 Å². The summed E-state index contributed by atoms with van der Waals surface area (Å²) in [4.78, 5) is 10.8. The van der Waals surface area contributed by atoms with E-state index in [-0.39, 0.29) is 12.5 Å². The number of carbonyl (C=O) groups is 1. The van der Waals surface area contributed by atoms with E-state index in [9.17, 15) is 4.79 Å². The van der Waals surface area contributed by atoms with Gasteiger partial charge in [0, 0.05) is 12.1 Å². The van der Waals surface area contributed by atoms with Gasteiger partial charge < -0.3 is 10.4 Å². The predicted octanol–water partition coefficient (Wildman–Crippen LogP) is 2.94. The summed E-state index contributed by atoms with van der Waals surface area (Å²) < 4.78 is 0. The summed E-state index contributed by atoms with van der Waals surface area (Å²) >= 11 is 0. The lowest BCUT2D eigenvalue weighted by Gasteiger charge is -2.23. The second-order valence-corrected chi connectivity index (χ2v) is 4.94. The molecule has 0 aromatic carbocycles. The molecular formula is C13H25NO2. The highest BCUT2D eigenvalue weighted by Gasteiger charge is 2.18. The molecule has 0 aliphatic heterocycles. The molecule has 1 atom stereocenters. The van der Waals surface area contributed by atoms with Crippen molar-refractivity contribution < 1.29 is 9.90 Å². The van der Waals surface area contributed by atoms with E-state index in [4.69, 9.17) is 5.11 Å². The van der Waals surface area contributed by atoms with Gasteiger partial charge in [0.2, 0.25) is 0 Å². The number of hydrogen-bond donors (Lipinski definition) is 2. The third-order valence-electron chi connectivity index (χ3n) is 3.38. The lowest BCUT2D eigenvalue weighted by Crippen LogP contribution is -2.39. The van der Waals surface area contributed by atoms with E-state index >= 15 is 0 Å². The van der Waals surface area contributed by atoms with Crippen LogP contribution in [0.15, 0.2) is 0 Å². The Bertz CT molecular complexity index is 198. The lowest BCUT2D eigenvalue weighted by atomic mass is 10.0. The molecule has 0 heterocycles. The molecule has 0 aromatic heterocycles. The Balaban J connectivity index is 2.35. The van der Waals surface area contributed by atoms with Crippen molar-refractivity contribution in [1.29, 1.82) is 0 Å². The van der Waals surface area contributed by atoms with Crippen LogP contribution in [0.3, 0.4) is 0 Å². The molecule has 0 radical (unpaired) electrons. The van der Waals surface area contributed by atoms with Crippen LogP contribution >= 0.6 is 0 Å². The average Bonchev–Trinajstić information content (AvgIpc) is 2.45. The highest BCUT2D eigenvalue weighted by molar-refractivity contribution is 5.67. The third kappa shape index (κ3) is 5.50. The van der Waals surface area contributed by atoms with Crippen molar-refractivity contribution >= 4 is 5.97 Å². The van der Waals surface area contributed by atoms with Crippen LogP contribution in [0.4, 0.5) is 0 Å². The normalized spacial score (nSPS) is 20.3. The van der Waals surface area contributed by atoms with E-state index in [0.717, 1.165) is 12.8 Å². The zero-order chi connectivity index (χ0) is 11.8. The molecule has 16 heavy (non-hydrogen) atoms. The Morgan fingerprint density at radius 1 is 1.31 bits per heavy atom. The van der Waals surface area contributed by atoms with Gasteiger partial charge >= 0.3 is 5.97 Å². The summed E-state index contributed by atoms with van der Waals surface area (Å²) in [6.07, 6.45) is 10.0. The third-order valence-corrected chi connectivity index (χ3v) is 3.38. The quantitative estimate of drug-likeness (QED) is 0.686. The molecule has 0 aromatic rings. The maximum Gasteiger partial charge on any atom is 0.304 e. The van der Waals surface area contributed by atoms with Gasteiger partial charge in [0.1, 0.15) is 0 Å². The fraction of sp³-hybridized carbons (Fsp3) is 0.923. The van der Waals surface area contributed by atoms with Crippen molar-refractivity contribution in [1.82, 2.24) is 5.32 Å². The minimum Gasteiger partial charge on any atom is -0.481 e. The molecule has 94 valence electrons. The Hall–Kier alpha value is -0.570. The minimum atomic E-state index is -0.681. The number of rotatable bonds is 6. The van der Waals surface area contributed by atoms with E-state index in [0.29, 0.717) is 6.04 Å². The standard InChI is InChI=1S/C13H25NO2/c1-2-7-12(10-13(15)16)14-11-8-5-3-4-6-9-11/h11-12,14H,2-10H2,1H3,(H,15,16). The van der Waals surface area contributed by atoms with Crippen LogP contribution in [0, 0.1) is 0 Å². The largest absolute Gasteiger partial charge is 0.481 e. The van der Waals surface area contributed by atoms with Crippen molar-refractivity contribution in [3.8, 4) is 0 Å². The topological polar surface area (TPSA) is 49.3 Å². The van der Waals surface area contributed by atoms with Gasteiger partial charge in [-0.3, -0.25) is 4.79 Å². The summed E-state index contributed by atoms with van der Waals surface area (Å²) in [6.45, 7) is 2.11. The Kier molecular flexibility index (Phi) is 6.46. The molecule has 1 fully saturated rings. The van der Waals surface area contributed by atoms with Crippen LogP contribution in [0.5, 0.6) is 0 Å². The molecule has 0 spiro atoms. The SMILES string of the molecule is CCCC(CC(=O)O)NC1CCCCCC1. The highest BCUT2D eigenvalue weighted by Crippen LogP contribution is 2.18. The number of carboxylic acids is 1. The molecule has 0 amide bonds. The smallest absolute Gasteiger partial charge is 0.304 e. The summed E-state index contributed by atoms with van der Waals surface area (Å²) in [5.74, 6) is -0.681. The Morgan fingerprint density at radius 3 is 2.44 bits per heavy atom. The molecule has 1 unspecified atom stereocenters. The van der Waals surface area contributed by atoms with E-state index in [1.807, 2.05) is 0 Å². The first kappa shape index (κ1) is 13.5. The number of carboxylic acid groups (broad SMARTS) is 1. The molecule has 1 saturated carbocycles. The second kappa shape index (κ2) is 7.66. The van der Waals surface area contributed by atoms with Crippen LogP contribution in [0.2, 0.25) is 0 Å². The molecule has 0 saturated heterocycles. The molecule has 1 aliphatic carbocycles. The first-order valence-corrected chi connectivity index (χ1v) is 6.70. The predicted molar refractivity (Wildman–Crippen MR) is 65.6 cm³/mol. The fourth-order valence-electron chi connectivity index (χ4n) is 2.58. The minimum absolute atomic E-state index is 0.172. The lowest BCUT2D eigenvalue weighted by molar-refractivity contribution is -0.137.